The number of hydrogen-bond donors (Lipinski definition) is 1. The number of fused-ring (bicyclic) bond motifs is 1. The summed E-state index contributed by atoms with van der Waals surface area (Å²) in [5.41, 5.74) is 3.78. The van der Waals surface area contributed by atoms with E-state index in [1.807, 2.05) is 32.0 Å². The molecule has 1 atom stereocenters. The lowest BCUT2D eigenvalue weighted by atomic mass is 9.99. The van der Waals surface area contributed by atoms with Gasteiger partial charge in [0.05, 0.1) is 17.7 Å². The first-order valence-electron chi connectivity index (χ1n) is 10.8. The summed E-state index contributed by atoms with van der Waals surface area (Å²) in [7, 11) is 0. The molecule has 0 saturated carbocycles. The highest BCUT2D eigenvalue weighted by Gasteiger charge is 2.21. The van der Waals surface area contributed by atoms with Gasteiger partial charge in [-0.25, -0.2) is 4.57 Å². The molecule has 4 nitrogen and oxygen atoms in total. The summed E-state index contributed by atoms with van der Waals surface area (Å²) in [6.45, 7) is 5.61. The smallest absolute Gasteiger partial charge is 0.274 e. The monoisotopic (exact) mass is 434 g/mol. The Labute approximate surface area is 188 Å². The van der Waals surface area contributed by atoms with Crippen molar-refractivity contribution in [1.82, 2.24) is 9.88 Å². The van der Waals surface area contributed by atoms with Crippen LogP contribution in [-0.4, -0.2) is 23.8 Å². The quantitative estimate of drug-likeness (QED) is 0.555. The minimum Gasteiger partial charge on any atom is -0.492 e. The van der Waals surface area contributed by atoms with Gasteiger partial charge in [-0.15, -0.1) is 0 Å². The van der Waals surface area contributed by atoms with Crippen molar-refractivity contribution >= 4 is 22.5 Å². The molecule has 0 radical (unpaired) electrons. The molecule has 1 unspecified atom stereocenters. The number of nitrogens with zero attached hydrogens (tertiary/aromatic N) is 1. The highest BCUT2D eigenvalue weighted by molar-refractivity contribution is 6.31. The fourth-order valence-corrected chi connectivity index (χ4v) is 4.63. The largest absolute Gasteiger partial charge is 0.492 e. The van der Waals surface area contributed by atoms with Crippen molar-refractivity contribution < 1.29 is 4.74 Å². The fourth-order valence-electron chi connectivity index (χ4n) is 4.46. The van der Waals surface area contributed by atoms with Crippen molar-refractivity contribution in [2.75, 3.05) is 13.2 Å². The van der Waals surface area contributed by atoms with Gasteiger partial charge in [0.1, 0.15) is 5.75 Å². The summed E-state index contributed by atoms with van der Waals surface area (Å²) in [6.07, 6.45) is 10.3. The molecule has 1 aliphatic rings. The van der Waals surface area contributed by atoms with E-state index < -0.39 is 0 Å². The van der Waals surface area contributed by atoms with E-state index in [0.29, 0.717) is 34.5 Å². The first-order valence-corrected chi connectivity index (χ1v) is 11.2. The summed E-state index contributed by atoms with van der Waals surface area (Å²) < 4.78 is 7.67. The number of benzene rings is 2. The summed E-state index contributed by atoms with van der Waals surface area (Å²) in [5, 5.41) is 4.86. The third kappa shape index (κ3) is 4.49. The summed E-state index contributed by atoms with van der Waals surface area (Å²) in [5.74, 6) is 0.573. The molecule has 2 heterocycles. The second kappa shape index (κ2) is 9.18. The third-order valence-corrected chi connectivity index (χ3v) is 6.09. The molecule has 0 amide bonds. The van der Waals surface area contributed by atoms with E-state index in [4.69, 9.17) is 22.8 Å². The van der Waals surface area contributed by atoms with Gasteiger partial charge in [-0.05, 0) is 63.4 Å². The van der Waals surface area contributed by atoms with Crippen molar-refractivity contribution in [2.24, 2.45) is 0 Å². The number of terminal acetylenes is 1. The van der Waals surface area contributed by atoms with Crippen LogP contribution in [-0.2, 0) is 0 Å². The van der Waals surface area contributed by atoms with Gasteiger partial charge in [0, 0.05) is 22.5 Å². The maximum Gasteiger partial charge on any atom is 0.274 e. The molecule has 0 aliphatic carbocycles. The van der Waals surface area contributed by atoms with Gasteiger partial charge >= 0.3 is 0 Å². The van der Waals surface area contributed by atoms with Crippen molar-refractivity contribution in [3.05, 3.63) is 62.9 Å². The van der Waals surface area contributed by atoms with Crippen molar-refractivity contribution in [1.29, 1.82) is 0 Å². The lowest BCUT2D eigenvalue weighted by molar-refractivity contribution is 0.271. The second-order valence-electron chi connectivity index (χ2n) is 8.30. The van der Waals surface area contributed by atoms with Crippen LogP contribution in [0.2, 0.25) is 5.02 Å². The van der Waals surface area contributed by atoms with Crippen molar-refractivity contribution in [2.45, 2.75) is 45.6 Å². The molecule has 3 aromatic rings. The Morgan fingerprint density at radius 1 is 1.19 bits per heavy atom. The molecule has 1 saturated heterocycles. The zero-order chi connectivity index (χ0) is 22.0. The second-order valence-corrected chi connectivity index (χ2v) is 8.73. The van der Waals surface area contributed by atoms with Crippen molar-refractivity contribution in [3.63, 3.8) is 0 Å². The highest BCUT2D eigenvalue weighted by atomic mass is 35.5. The van der Waals surface area contributed by atoms with Gasteiger partial charge in [-0.1, -0.05) is 53.8 Å². The Balaban J connectivity index is 1.86. The maximum atomic E-state index is 13.5. The molecular formula is C26H27ClN2O2. The summed E-state index contributed by atoms with van der Waals surface area (Å²) >= 11 is 6.22. The molecule has 5 heteroatoms. The van der Waals surface area contributed by atoms with Crippen LogP contribution < -0.4 is 15.6 Å². The van der Waals surface area contributed by atoms with Crippen LogP contribution >= 0.6 is 11.6 Å². The maximum absolute atomic E-state index is 13.5. The van der Waals surface area contributed by atoms with E-state index in [1.54, 1.807) is 12.1 Å². The van der Waals surface area contributed by atoms with E-state index in [9.17, 15) is 4.79 Å². The first-order chi connectivity index (χ1) is 15.0. The Bertz CT molecular complexity index is 1200. The average molecular weight is 435 g/mol. The number of aryl methyl sites for hydroxylation is 2. The fraction of sp³-hybridized carbons (Fsp3) is 0.346. The number of ether oxygens (including phenoxy) is 1. The predicted octanol–water partition coefficient (Wildman–Crippen LogP) is 5.29. The normalized spacial score (nSPS) is 16.3. The standard InChI is InChI=1S/C26H27ClN2O2/c1-4-29-23-16-20(27)8-9-22(23)25(31-12-10-21-7-5-6-11-28-21)24(26(29)30)19-14-17(2)13-18(3)15-19/h1,8-9,13-16,21,28H,5-7,10-12H2,2-3H3. The van der Waals surface area contributed by atoms with E-state index in [1.165, 1.54) is 17.4 Å². The Morgan fingerprint density at radius 3 is 2.65 bits per heavy atom. The molecule has 4 rings (SSSR count). The summed E-state index contributed by atoms with van der Waals surface area (Å²) in [6, 6.07) is 14.5. The van der Waals surface area contributed by atoms with E-state index in [0.717, 1.165) is 41.5 Å². The van der Waals surface area contributed by atoms with Crippen LogP contribution in [0.4, 0.5) is 0 Å². The van der Waals surface area contributed by atoms with Crippen LogP contribution in [0, 0.1) is 26.3 Å². The average Bonchev–Trinajstić information content (AvgIpc) is 2.73. The van der Waals surface area contributed by atoms with Gasteiger partial charge in [0.25, 0.3) is 5.56 Å². The lowest BCUT2D eigenvalue weighted by Crippen LogP contribution is -2.35. The zero-order valence-corrected chi connectivity index (χ0v) is 18.8. The Hall–Kier alpha value is -2.74. The molecule has 0 bridgehead atoms. The molecule has 1 aliphatic heterocycles. The molecule has 31 heavy (non-hydrogen) atoms. The number of halogens is 1. The van der Waals surface area contributed by atoms with E-state index in [2.05, 4.69) is 17.4 Å². The summed E-state index contributed by atoms with van der Waals surface area (Å²) in [4.78, 5) is 13.5. The minimum absolute atomic E-state index is 0.270. The van der Waals surface area contributed by atoms with Crippen LogP contribution in [0.3, 0.4) is 0 Å². The number of hydrogen-bond acceptors (Lipinski definition) is 3. The molecule has 1 N–H and O–H groups in total. The molecule has 160 valence electrons. The number of piperidine rings is 1. The van der Waals surface area contributed by atoms with Gasteiger partial charge < -0.3 is 10.1 Å². The topological polar surface area (TPSA) is 43.3 Å². The molecular weight excluding hydrogens is 408 g/mol. The highest BCUT2D eigenvalue weighted by Crippen LogP contribution is 2.36. The lowest BCUT2D eigenvalue weighted by Gasteiger charge is -2.24. The Kier molecular flexibility index (Phi) is 6.36. The third-order valence-electron chi connectivity index (χ3n) is 5.85. The van der Waals surface area contributed by atoms with Crippen LogP contribution in [0.1, 0.15) is 36.8 Å². The number of aromatic nitrogens is 1. The zero-order valence-electron chi connectivity index (χ0n) is 18.0. The number of nitrogens with one attached hydrogen (secondary N) is 1. The van der Waals surface area contributed by atoms with E-state index in [-0.39, 0.29) is 5.56 Å². The first kappa shape index (κ1) is 21.5. The van der Waals surface area contributed by atoms with Gasteiger partial charge in [-0.2, -0.15) is 0 Å². The van der Waals surface area contributed by atoms with Gasteiger partial charge in [-0.3, -0.25) is 4.79 Å². The number of pyridine rings is 1. The van der Waals surface area contributed by atoms with Crippen LogP contribution in [0.15, 0.2) is 41.2 Å². The van der Waals surface area contributed by atoms with Crippen LogP contribution in [0.5, 0.6) is 5.75 Å². The number of rotatable bonds is 5. The molecule has 0 spiro atoms. The SMILES string of the molecule is C#Cn1c(=O)c(-c2cc(C)cc(C)c2)c(OCCC2CCCCN2)c2ccc(Cl)cc21. The van der Waals surface area contributed by atoms with Crippen molar-refractivity contribution in [3.8, 4) is 29.3 Å². The van der Waals surface area contributed by atoms with Gasteiger partial charge in [0.15, 0.2) is 0 Å². The Morgan fingerprint density at radius 2 is 1.97 bits per heavy atom. The minimum atomic E-state index is -0.270. The molecule has 1 fully saturated rings. The molecule has 2 aromatic carbocycles. The van der Waals surface area contributed by atoms with Gasteiger partial charge in [0.2, 0.25) is 0 Å². The predicted molar refractivity (Wildman–Crippen MR) is 128 cm³/mol. The molecule has 1 aromatic heterocycles. The van der Waals surface area contributed by atoms with E-state index >= 15 is 0 Å². The van der Waals surface area contributed by atoms with Crippen LogP contribution in [0.25, 0.3) is 22.0 Å².